The zero-order valence-electron chi connectivity index (χ0n) is 12.0. The smallest absolute Gasteiger partial charge is 0.726 e. The van der Waals surface area contributed by atoms with E-state index < -0.39 is 10.4 Å². The summed E-state index contributed by atoms with van der Waals surface area (Å²) in [6.07, 6.45) is 8.92. The Balaban J connectivity index is 0. The first-order valence-electron chi connectivity index (χ1n) is 6.56. The number of hydrogen-bond donors (Lipinski definition) is 0. The molecule has 0 spiro atoms. The normalized spacial score (nSPS) is 13.1. The Morgan fingerprint density at radius 1 is 1.06 bits per heavy atom. The van der Waals surface area contributed by atoms with E-state index in [1.807, 2.05) is 0 Å². The van der Waals surface area contributed by atoms with Crippen molar-refractivity contribution in [3.8, 4) is 0 Å². The quantitative estimate of drug-likeness (QED) is 0.236. The van der Waals surface area contributed by atoms with Crippen molar-refractivity contribution in [3.05, 3.63) is 0 Å². The minimum atomic E-state index is -4.49. The van der Waals surface area contributed by atoms with Crippen LogP contribution in [0, 0.1) is 5.92 Å². The largest absolute Gasteiger partial charge is 1.00 e. The van der Waals surface area contributed by atoms with Gasteiger partial charge in [-0.1, -0.05) is 58.8 Å². The molecule has 1 unspecified atom stereocenters. The van der Waals surface area contributed by atoms with E-state index in [0.717, 1.165) is 18.8 Å². The van der Waals surface area contributed by atoms with Crippen molar-refractivity contribution >= 4 is 10.4 Å². The summed E-state index contributed by atoms with van der Waals surface area (Å²) in [5.74, 6) is 0.785. The van der Waals surface area contributed by atoms with Gasteiger partial charge in [-0.25, -0.2) is 8.42 Å². The van der Waals surface area contributed by atoms with E-state index in [9.17, 15) is 13.0 Å². The van der Waals surface area contributed by atoms with Crippen LogP contribution in [0.2, 0.25) is 0 Å². The van der Waals surface area contributed by atoms with Crippen LogP contribution >= 0.6 is 0 Å². The molecule has 1 atom stereocenters. The molecule has 0 N–H and O–H groups in total. The van der Waals surface area contributed by atoms with Crippen molar-refractivity contribution < 1.29 is 46.7 Å². The van der Waals surface area contributed by atoms with Gasteiger partial charge < -0.3 is 4.55 Å². The first kappa shape index (κ1) is 21.2. The van der Waals surface area contributed by atoms with Gasteiger partial charge in [0.25, 0.3) is 0 Å². The second-order valence-electron chi connectivity index (χ2n) is 4.68. The molecule has 0 aliphatic heterocycles. The zero-order chi connectivity index (χ0) is 13.1. The summed E-state index contributed by atoms with van der Waals surface area (Å²) in [7, 11) is -4.49. The Hall–Kier alpha value is 0.870. The van der Waals surface area contributed by atoms with Crippen LogP contribution in [0.3, 0.4) is 0 Å². The topological polar surface area (TPSA) is 66.4 Å². The molecule has 0 heterocycles. The molecule has 6 heteroatoms. The van der Waals surface area contributed by atoms with Gasteiger partial charge in [0.2, 0.25) is 10.4 Å². The van der Waals surface area contributed by atoms with E-state index in [2.05, 4.69) is 18.0 Å². The average molecular weight is 288 g/mol. The van der Waals surface area contributed by atoms with Gasteiger partial charge >= 0.3 is 29.6 Å². The van der Waals surface area contributed by atoms with Crippen LogP contribution in [0.1, 0.15) is 65.2 Å². The van der Waals surface area contributed by atoms with Crippen LogP contribution in [0.4, 0.5) is 0 Å². The van der Waals surface area contributed by atoms with Crippen molar-refractivity contribution in [2.45, 2.75) is 65.2 Å². The Bertz CT molecular complexity index is 267. The molecular formula is C12H25NaO4S. The number of hydrogen-bond acceptors (Lipinski definition) is 4. The van der Waals surface area contributed by atoms with Crippen molar-refractivity contribution in [1.82, 2.24) is 0 Å². The van der Waals surface area contributed by atoms with Gasteiger partial charge in [-0.3, -0.25) is 4.18 Å². The van der Waals surface area contributed by atoms with E-state index in [1.54, 1.807) is 0 Å². The Morgan fingerprint density at radius 3 is 2.17 bits per heavy atom. The molecule has 4 nitrogen and oxygen atoms in total. The summed E-state index contributed by atoms with van der Waals surface area (Å²) in [5.41, 5.74) is 0. The zero-order valence-corrected chi connectivity index (χ0v) is 14.8. The average Bonchev–Trinajstić information content (AvgIpc) is 2.23. The van der Waals surface area contributed by atoms with Gasteiger partial charge in [0, 0.05) is 0 Å². The summed E-state index contributed by atoms with van der Waals surface area (Å²) >= 11 is 0. The molecule has 0 aromatic rings. The molecule has 0 aliphatic rings. The number of unbranched alkanes of at least 4 members (excludes halogenated alkanes) is 4. The third kappa shape index (κ3) is 16.9. The van der Waals surface area contributed by atoms with Crippen LogP contribution < -0.4 is 29.6 Å². The van der Waals surface area contributed by atoms with Crippen molar-refractivity contribution in [1.29, 1.82) is 0 Å². The van der Waals surface area contributed by atoms with Crippen LogP contribution in [0.15, 0.2) is 0 Å². The molecule has 0 amide bonds. The third-order valence-electron chi connectivity index (χ3n) is 2.87. The fraction of sp³-hybridized carbons (Fsp3) is 1.00. The Kier molecular flexibility index (Phi) is 15.2. The van der Waals surface area contributed by atoms with Crippen LogP contribution in [0.25, 0.3) is 0 Å². The fourth-order valence-corrected chi connectivity index (χ4v) is 2.13. The molecule has 0 aliphatic carbocycles. The van der Waals surface area contributed by atoms with Gasteiger partial charge in [0.15, 0.2) is 0 Å². The number of rotatable bonds is 11. The SMILES string of the molecule is CCCCC(C)CCCCCCOS(=O)(=O)[O-].[Na+]. The second kappa shape index (κ2) is 12.9. The van der Waals surface area contributed by atoms with E-state index in [0.29, 0.717) is 6.42 Å². The molecule has 18 heavy (non-hydrogen) atoms. The molecule has 0 saturated carbocycles. The predicted octanol–water partition coefficient (Wildman–Crippen LogP) is 0.244. The molecule has 0 rings (SSSR count). The Morgan fingerprint density at radius 2 is 1.61 bits per heavy atom. The first-order chi connectivity index (χ1) is 7.95. The Labute approximate surface area is 134 Å². The third-order valence-corrected chi connectivity index (χ3v) is 3.32. The molecule has 0 aromatic heterocycles. The van der Waals surface area contributed by atoms with Crippen LogP contribution in [-0.4, -0.2) is 19.6 Å². The maximum Gasteiger partial charge on any atom is 1.00 e. The molecule has 0 radical (unpaired) electrons. The molecule has 0 fully saturated rings. The van der Waals surface area contributed by atoms with Gasteiger partial charge in [0.05, 0.1) is 6.61 Å². The summed E-state index contributed by atoms with van der Waals surface area (Å²) in [6, 6.07) is 0. The maximum absolute atomic E-state index is 10.1. The van der Waals surface area contributed by atoms with Crippen molar-refractivity contribution in [2.75, 3.05) is 6.61 Å². The molecule has 0 bridgehead atoms. The van der Waals surface area contributed by atoms with Gasteiger partial charge in [-0.15, -0.1) is 0 Å². The minimum absolute atomic E-state index is 0. The second-order valence-corrected chi connectivity index (χ2v) is 5.73. The van der Waals surface area contributed by atoms with E-state index >= 15 is 0 Å². The summed E-state index contributed by atoms with van der Waals surface area (Å²) in [4.78, 5) is 0. The van der Waals surface area contributed by atoms with Crippen LogP contribution in [0.5, 0.6) is 0 Å². The summed E-state index contributed by atoms with van der Waals surface area (Å²) in [6.45, 7) is 4.51. The monoisotopic (exact) mass is 288 g/mol. The predicted molar refractivity (Wildman–Crippen MR) is 67.4 cm³/mol. The van der Waals surface area contributed by atoms with Crippen LogP contribution in [-0.2, 0) is 14.6 Å². The van der Waals surface area contributed by atoms with E-state index in [4.69, 9.17) is 0 Å². The van der Waals surface area contributed by atoms with Gasteiger partial charge in [-0.05, 0) is 12.3 Å². The molecule has 0 saturated heterocycles. The van der Waals surface area contributed by atoms with Crippen molar-refractivity contribution in [3.63, 3.8) is 0 Å². The van der Waals surface area contributed by atoms with Crippen molar-refractivity contribution in [2.24, 2.45) is 5.92 Å². The standard InChI is InChI=1S/C12H26O4S.Na/c1-3-4-9-12(2)10-7-5-6-8-11-16-17(13,14)15;/h12H,3-11H2,1-2H3,(H,13,14,15);/q;+1/p-1. The first-order valence-corrected chi connectivity index (χ1v) is 7.89. The summed E-state index contributed by atoms with van der Waals surface area (Å²) < 4.78 is 34.5. The molecule has 0 aromatic carbocycles. The molecular weight excluding hydrogens is 263 g/mol. The maximum atomic E-state index is 10.1. The molecule has 104 valence electrons. The van der Waals surface area contributed by atoms with Gasteiger partial charge in [0.1, 0.15) is 0 Å². The summed E-state index contributed by atoms with van der Waals surface area (Å²) in [5, 5.41) is 0. The fourth-order valence-electron chi connectivity index (χ4n) is 1.81. The van der Waals surface area contributed by atoms with E-state index in [1.165, 1.54) is 32.1 Å². The van der Waals surface area contributed by atoms with E-state index in [-0.39, 0.29) is 36.2 Å². The van der Waals surface area contributed by atoms with Gasteiger partial charge in [-0.2, -0.15) is 0 Å². The minimum Gasteiger partial charge on any atom is -0.726 e.